The zero-order valence-corrected chi connectivity index (χ0v) is 15.8. The number of nitrogens with one attached hydrogen (secondary N) is 2. The number of anilines is 1. The van der Waals surface area contributed by atoms with E-state index < -0.39 is 11.8 Å². The molecule has 6 heteroatoms. The van der Waals surface area contributed by atoms with Crippen molar-refractivity contribution in [3.8, 4) is 0 Å². The maximum atomic E-state index is 12.1. The van der Waals surface area contributed by atoms with Gasteiger partial charge in [-0.25, -0.2) is 0 Å². The highest BCUT2D eigenvalue weighted by Crippen LogP contribution is 2.39. The van der Waals surface area contributed by atoms with Crippen LogP contribution >= 0.6 is 12.2 Å². The van der Waals surface area contributed by atoms with Crippen LogP contribution in [-0.2, 0) is 9.59 Å². The monoisotopic (exact) mass is 355 g/mol. The van der Waals surface area contributed by atoms with Gasteiger partial charge in [-0.3, -0.25) is 20.2 Å². The first-order valence-corrected chi connectivity index (χ1v) is 8.47. The smallest absolute Gasteiger partial charge is 0.263 e. The summed E-state index contributed by atoms with van der Waals surface area (Å²) < 4.78 is 0. The number of aryl methyl sites for hydroxylation is 1. The first-order valence-electron chi connectivity index (χ1n) is 8.07. The van der Waals surface area contributed by atoms with Crippen molar-refractivity contribution in [3.63, 3.8) is 0 Å². The third kappa shape index (κ3) is 2.98. The van der Waals surface area contributed by atoms with Crippen molar-refractivity contribution in [1.82, 2.24) is 10.6 Å². The highest BCUT2D eigenvalue weighted by molar-refractivity contribution is 7.80. The molecular weight excluding hydrogens is 334 g/mol. The molecule has 0 radical (unpaired) electrons. The maximum absolute atomic E-state index is 12.1. The van der Waals surface area contributed by atoms with Crippen LogP contribution in [0.2, 0.25) is 0 Å². The van der Waals surface area contributed by atoms with Crippen LogP contribution in [0.4, 0.5) is 5.69 Å². The zero-order chi connectivity index (χ0) is 18.5. The molecule has 3 rings (SSSR count). The maximum Gasteiger partial charge on any atom is 0.263 e. The van der Waals surface area contributed by atoms with Crippen molar-refractivity contribution in [2.45, 2.75) is 33.2 Å². The van der Waals surface area contributed by atoms with Crippen molar-refractivity contribution in [2.75, 3.05) is 11.9 Å². The number of rotatable bonds is 1. The fourth-order valence-electron chi connectivity index (χ4n) is 3.24. The van der Waals surface area contributed by atoms with Crippen LogP contribution in [-0.4, -0.2) is 29.5 Å². The molecule has 5 nitrogen and oxygen atoms in total. The average molecular weight is 355 g/mol. The normalized spacial score (nSPS) is 19.1. The van der Waals surface area contributed by atoms with Crippen LogP contribution in [0.5, 0.6) is 0 Å². The Bertz CT molecular complexity index is 859. The number of likely N-dealkylation sites (N-methyl/N-ethyl adjacent to an activating group) is 1. The van der Waals surface area contributed by atoms with Crippen molar-refractivity contribution >= 4 is 46.5 Å². The largest absolute Gasteiger partial charge is 0.365 e. The van der Waals surface area contributed by atoms with E-state index in [4.69, 9.17) is 12.2 Å². The number of benzene rings is 1. The highest BCUT2D eigenvalue weighted by Gasteiger charge is 2.30. The van der Waals surface area contributed by atoms with Gasteiger partial charge in [0.05, 0.1) is 5.54 Å². The fraction of sp³-hybridized carbons (Fsp3) is 0.316. The number of nitrogens with zero attached hydrogens (tertiary/aromatic N) is 1. The molecular formula is C19H21N3O2S. The number of fused-ring (bicyclic) bond motifs is 1. The zero-order valence-electron chi connectivity index (χ0n) is 15.0. The number of allylic oxidation sites excluding steroid dienone is 1. The molecule has 1 aromatic carbocycles. The number of thiocarbonyl (C=S) groups is 1. The summed E-state index contributed by atoms with van der Waals surface area (Å²) in [6.45, 7) is 8.40. The molecule has 130 valence electrons. The van der Waals surface area contributed by atoms with E-state index in [1.807, 2.05) is 13.0 Å². The minimum Gasteiger partial charge on any atom is -0.365 e. The van der Waals surface area contributed by atoms with Crippen molar-refractivity contribution in [2.24, 2.45) is 0 Å². The quantitative estimate of drug-likeness (QED) is 0.462. The first-order chi connectivity index (χ1) is 11.6. The Labute approximate surface area is 152 Å². The summed E-state index contributed by atoms with van der Waals surface area (Å²) in [5.41, 5.74) is 5.25. The van der Waals surface area contributed by atoms with Crippen molar-refractivity contribution < 1.29 is 9.59 Å². The Balaban J connectivity index is 2.10. The van der Waals surface area contributed by atoms with Gasteiger partial charge in [0.1, 0.15) is 5.57 Å². The van der Waals surface area contributed by atoms with Gasteiger partial charge in [0.2, 0.25) is 0 Å². The van der Waals surface area contributed by atoms with E-state index in [0.717, 1.165) is 22.4 Å². The number of carbonyl (C=O) groups excluding carboxylic acids is 2. The summed E-state index contributed by atoms with van der Waals surface area (Å²) in [5.74, 6) is -0.951. The summed E-state index contributed by atoms with van der Waals surface area (Å²) in [6, 6.07) is 4.13. The summed E-state index contributed by atoms with van der Waals surface area (Å²) in [5, 5.41) is 4.96. The Morgan fingerprint density at radius 3 is 2.32 bits per heavy atom. The van der Waals surface area contributed by atoms with Gasteiger partial charge in [-0.15, -0.1) is 0 Å². The SMILES string of the molecule is CC1=CC(C)(C)N(C)c2cc(C)c(C=C3C(=O)NC(=S)NC3=O)cc21. The second-order valence-corrected chi connectivity index (χ2v) is 7.47. The highest BCUT2D eigenvalue weighted by atomic mass is 32.1. The molecule has 0 aromatic heterocycles. The van der Waals surface area contributed by atoms with E-state index in [2.05, 4.69) is 55.5 Å². The van der Waals surface area contributed by atoms with Gasteiger partial charge < -0.3 is 4.90 Å². The molecule has 2 heterocycles. The van der Waals surface area contributed by atoms with Crippen LogP contribution in [0.15, 0.2) is 23.8 Å². The molecule has 0 aliphatic carbocycles. The lowest BCUT2D eigenvalue weighted by atomic mass is 9.87. The predicted molar refractivity (Wildman–Crippen MR) is 104 cm³/mol. The van der Waals surface area contributed by atoms with Crippen LogP contribution < -0.4 is 15.5 Å². The fourth-order valence-corrected chi connectivity index (χ4v) is 3.42. The third-order valence-corrected chi connectivity index (χ3v) is 5.05. The number of hydrogen-bond acceptors (Lipinski definition) is 4. The van der Waals surface area contributed by atoms with E-state index in [-0.39, 0.29) is 16.2 Å². The Kier molecular flexibility index (Phi) is 4.03. The molecule has 0 unspecified atom stereocenters. The van der Waals surface area contributed by atoms with E-state index in [1.54, 1.807) is 6.08 Å². The van der Waals surface area contributed by atoms with E-state index in [9.17, 15) is 9.59 Å². The van der Waals surface area contributed by atoms with Gasteiger partial charge in [-0.05, 0) is 74.8 Å². The second-order valence-electron chi connectivity index (χ2n) is 7.06. The minimum absolute atomic E-state index is 0.0388. The molecule has 2 N–H and O–H groups in total. The lowest BCUT2D eigenvalue weighted by molar-refractivity contribution is -0.123. The number of amides is 2. The summed E-state index contributed by atoms with van der Waals surface area (Å²) in [7, 11) is 2.07. The van der Waals surface area contributed by atoms with E-state index in [0.29, 0.717) is 0 Å². The molecule has 0 atom stereocenters. The summed E-state index contributed by atoms with van der Waals surface area (Å²) >= 11 is 4.83. The first kappa shape index (κ1) is 17.4. The molecule has 1 fully saturated rings. The molecule has 2 aliphatic heterocycles. The van der Waals surface area contributed by atoms with Crippen molar-refractivity contribution in [3.05, 3.63) is 40.5 Å². The predicted octanol–water partition coefficient (Wildman–Crippen LogP) is 2.54. The van der Waals surface area contributed by atoms with Gasteiger partial charge in [0.25, 0.3) is 11.8 Å². The van der Waals surface area contributed by atoms with Crippen LogP contribution in [0.3, 0.4) is 0 Å². The Morgan fingerprint density at radius 1 is 1.12 bits per heavy atom. The molecule has 1 saturated heterocycles. The van der Waals surface area contributed by atoms with Crippen LogP contribution in [0.1, 0.15) is 37.5 Å². The van der Waals surface area contributed by atoms with Crippen molar-refractivity contribution in [1.29, 1.82) is 0 Å². The number of hydrogen-bond donors (Lipinski definition) is 2. The van der Waals surface area contributed by atoms with E-state index >= 15 is 0 Å². The van der Waals surface area contributed by atoms with Gasteiger partial charge in [0.15, 0.2) is 5.11 Å². The molecule has 2 amide bonds. The molecule has 0 bridgehead atoms. The second kappa shape index (κ2) is 5.81. The van der Waals surface area contributed by atoms with Gasteiger partial charge in [-0.2, -0.15) is 0 Å². The standard InChI is InChI=1S/C19H21N3O2S/c1-10-6-15-13(11(2)9-19(3,4)22(15)5)7-12(10)8-14-16(23)20-18(25)21-17(14)24/h6-9H,1-5H3,(H2,20,21,23,24,25). The molecule has 2 aliphatic rings. The lowest BCUT2D eigenvalue weighted by Gasteiger charge is -2.41. The topological polar surface area (TPSA) is 61.4 Å². The Morgan fingerprint density at radius 2 is 1.72 bits per heavy atom. The van der Waals surface area contributed by atoms with E-state index in [1.165, 1.54) is 5.57 Å². The van der Waals surface area contributed by atoms with Gasteiger partial charge in [0, 0.05) is 18.3 Å². The summed E-state index contributed by atoms with van der Waals surface area (Å²) in [6.07, 6.45) is 3.84. The van der Waals surface area contributed by atoms with Gasteiger partial charge >= 0.3 is 0 Å². The molecule has 1 aromatic rings. The lowest BCUT2D eigenvalue weighted by Crippen LogP contribution is -2.51. The molecule has 25 heavy (non-hydrogen) atoms. The van der Waals surface area contributed by atoms with Crippen LogP contribution in [0.25, 0.3) is 11.6 Å². The molecule has 0 spiro atoms. The minimum atomic E-state index is -0.476. The average Bonchev–Trinajstić information content (AvgIpc) is 2.49. The number of carbonyl (C=O) groups is 2. The molecule has 0 saturated carbocycles. The Hall–Kier alpha value is -2.47. The van der Waals surface area contributed by atoms with Crippen LogP contribution in [0, 0.1) is 6.92 Å². The third-order valence-electron chi connectivity index (χ3n) is 4.85. The van der Waals surface area contributed by atoms with Gasteiger partial charge in [-0.1, -0.05) is 6.08 Å². The summed E-state index contributed by atoms with van der Waals surface area (Å²) in [4.78, 5) is 26.4.